The zero-order valence-corrected chi connectivity index (χ0v) is 16.5. The fourth-order valence-corrected chi connectivity index (χ4v) is 4.29. The number of morpholine rings is 1. The van der Waals surface area contributed by atoms with E-state index in [1.165, 1.54) is 0 Å². The molecule has 0 saturated carbocycles. The monoisotopic (exact) mass is 390 g/mol. The van der Waals surface area contributed by atoms with Gasteiger partial charge in [0.25, 0.3) is 0 Å². The van der Waals surface area contributed by atoms with E-state index in [-0.39, 0.29) is 17.5 Å². The minimum atomic E-state index is -3.59. The van der Waals surface area contributed by atoms with Gasteiger partial charge < -0.3 is 9.47 Å². The molecule has 1 aliphatic heterocycles. The predicted molar refractivity (Wildman–Crippen MR) is 104 cm³/mol. The molecule has 0 amide bonds. The highest BCUT2D eigenvalue weighted by Crippen LogP contribution is 2.29. The number of aryl methyl sites for hydroxylation is 1. The van der Waals surface area contributed by atoms with Crippen LogP contribution in [0.1, 0.15) is 17.2 Å². The van der Waals surface area contributed by atoms with Crippen LogP contribution in [0.25, 0.3) is 0 Å². The van der Waals surface area contributed by atoms with Gasteiger partial charge in [-0.25, -0.2) is 13.1 Å². The minimum Gasteiger partial charge on any atom is -0.496 e. The van der Waals surface area contributed by atoms with Gasteiger partial charge in [0, 0.05) is 25.2 Å². The van der Waals surface area contributed by atoms with Gasteiger partial charge in [-0.15, -0.1) is 0 Å². The van der Waals surface area contributed by atoms with Crippen LogP contribution in [0.3, 0.4) is 0 Å². The van der Waals surface area contributed by atoms with E-state index in [1.807, 2.05) is 31.2 Å². The molecular weight excluding hydrogens is 364 g/mol. The van der Waals surface area contributed by atoms with E-state index in [9.17, 15) is 8.42 Å². The molecule has 1 unspecified atom stereocenters. The quantitative estimate of drug-likeness (QED) is 0.786. The molecule has 7 heteroatoms. The Hall–Kier alpha value is -1.93. The fourth-order valence-electron chi connectivity index (χ4n) is 3.26. The van der Waals surface area contributed by atoms with Crippen LogP contribution in [0, 0.1) is 6.92 Å². The van der Waals surface area contributed by atoms with E-state index in [0.29, 0.717) is 13.2 Å². The Kier molecular flexibility index (Phi) is 6.49. The van der Waals surface area contributed by atoms with Crippen LogP contribution < -0.4 is 9.46 Å². The van der Waals surface area contributed by atoms with Crippen LogP contribution in [0.2, 0.25) is 0 Å². The zero-order valence-electron chi connectivity index (χ0n) is 15.7. The highest BCUT2D eigenvalue weighted by molar-refractivity contribution is 7.89. The average Bonchev–Trinajstić information content (AvgIpc) is 2.69. The van der Waals surface area contributed by atoms with Crippen LogP contribution in [-0.2, 0) is 14.8 Å². The van der Waals surface area contributed by atoms with Gasteiger partial charge in [0.2, 0.25) is 10.0 Å². The van der Waals surface area contributed by atoms with Gasteiger partial charge in [-0.05, 0) is 25.1 Å². The number of methoxy groups -OCH3 is 1. The molecule has 0 bridgehead atoms. The minimum absolute atomic E-state index is 0.134. The topological polar surface area (TPSA) is 67.9 Å². The summed E-state index contributed by atoms with van der Waals surface area (Å²) in [4.78, 5) is 2.51. The van der Waals surface area contributed by atoms with E-state index in [4.69, 9.17) is 9.47 Å². The Morgan fingerprint density at radius 2 is 1.78 bits per heavy atom. The molecule has 1 aliphatic rings. The maximum absolute atomic E-state index is 12.7. The predicted octanol–water partition coefficient (Wildman–Crippen LogP) is 2.36. The van der Waals surface area contributed by atoms with Crippen LogP contribution >= 0.6 is 0 Å². The Bertz CT molecular complexity index is 847. The van der Waals surface area contributed by atoms with Gasteiger partial charge in [-0.2, -0.15) is 0 Å². The lowest BCUT2D eigenvalue weighted by atomic mass is 10.0. The van der Waals surface area contributed by atoms with Gasteiger partial charge in [-0.1, -0.05) is 35.9 Å². The van der Waals surface area contributed by atoms with E-state index < -0.39 is 10.0 Å². The molecule has 3 rings (SSSR count). The smallest absolute Gasteiger partial charge is 0.240 e. The number of benzene rings is 2. The largest absolute Gasteiger partial charge is 0.496 e. The van der Waals surface area contributed by atoms with Gasteiger partial charge in [-0.3, -0.25) is 4.90 Å². The molecule has 0 spiro atoms. The lowest BCUT2D eigenvalue weighted by Crippen LogP contribution is -2.43. The molecule has 0 aliphatic carbocycles. The molecule has 27 heavy (non-hydrogen) atoms. The molecule has 1 saturated heterocycles. The Balaban J connectivity index is 1.84. The summed E-state index contributed by atoms with van der Waals surface area (Å²) in [5, 5.41) is 0. The van der Waals surface area contributed by atoms with E-state index >= 15 is 0 Å². The average molecular weight is 391 g/mol. The van der Waals surface area contributed by atoms with Crippen molar-refractivity contribution in [1.29, 1.82) is 0 Å². The second kappa shape index (κ2) is 8.84. The highest BCUT2D eigenvalue weighted by Gasteiger charge is 2.27. The Morgan fingerprint density at radius 1 is 1.11 bits per heavy atom. The van der Waals surface area contributed by atoms with Crippen molar-refractivity contribution in [3.63, 3.8) is 0 Å². The number of para-hydroxylation sites is 1. The Morgan fingerprint density at radius 3 is 2.44 bits per heavy atom. The van der Waals surface area contributed by atoms with Crippen molar-refractivity contribution >= 4 is 10.0 Å². The molecule has 2 aromatic carbocycles. The van der Waals surface area contributed by atoms with Crippen molar-refractivity contribution < 1.29 is 17.9 Å². The van der Waals surface area contributed by atoms with Crippen molar-refractivity contribution in [3.05, 3.63) is 59.7 Å². The first-order valence-electron chi connectivity index (χ1n) is 9.02. The molecule has 1 heterocycles. The number of sulfonamides is 1. The van der Waals surface area contributed by atoms with E-state index in [1.54, 1.807) is 31.4 Å². The van der Waals surface area contributed by atoms with Crippen molar-refractivity contribution in [1.82, 2.24) is 9.62 Å². The number of rotatable bonds is 7. The van der Waals surface area contributed by atoms with Crippen molar-refractivity contribution in [3.8, 4) is 5.75 Å². The number of hydrogen-bond acceptors (Lipinski definition) is 5. The fraction of sp³-hybridized carbons (Fsp3) is 0.400. The zero-order chi connectivity index (χ0) is 19.3. The van der Waals surface area contributed by atoms with E-state index in [0.717, 1.165) is 30.0 Å². The number of ether oxygens (including phenoxy) is 2. The molecule has 1 atom stereocenters. The third-order valence-corrected chi connectivity index (χ3v) is 6.22. The van der Waals surface area contributed by atoms with E-state index in [2.05, 4.69) is 9.62 Å². The van der Waals surface area contributed by atoms with Gasteiger partial charge in [0.1, 0.15) is 5.75 Å². The molecule has 1 fully saturated rings. The molecule has 146 valence electrons. The second-order valence-corrected chi connectivity index (χ2v) is 8.34. The summed E-state index contributed by atoms with van der Waals surface area (Å²) in [7, 11) is -1.96. The second-order valence-electron chi connectivity index (χ2n) is 6.57. The number of hydrogen-bond donors (Lipinski definition) is 1. The van der Waals surface area contributed by atoms with Crippen LogP contribution in [0.5, 0.6) is 5.75 Å². The van der Waals surface area contributed by atoms with Crippen molar-refractivity contribution in [2.24, 2.45) is 0 Å². The summed E-state index contributed by atoms with van der Waals surface area (Å²) in [6.07, 6.45) is 0. The molecule has 1 N–H and O–H groups in total. The summed E-state index contributed by atoms with van der Waals surface area (Å²) in [6.45, 7) is 4.95. The molecule has 0 radical (unpaired) electrons. The first-order valence-corrected chi connectivity index (χ1v) is 10.5. The summed E-state index contributed by atoms with van der Waals surface area (Å²) in [5.74, 6) is 0.753. The van der Waals surface area contributed by atoms with Crippen LogP contribution in [-0.4, -0.2) is 53.3 Å². The van der Waals surface area contributed by atoms with Crippen LogP contribution in [0.4, 0.5) is 0 Å². The first-order chi connectivity index (χ1) is 13.0. The lowest BCUT2D eigenvalue weighted by molar-refractivity contribution is 0.0167. The third-order valence-electron chi connectivity index (χ3n) is 4.78. The molecule has 0 aromatic heterocycles. The first kappa shape index (κ1) is 19.8. The van der Waals surface area contributed by atoms with Gasteiger partial charge in [0.15, 0.2) is 0 Å². The standard InChI is InChI=1S/C20H26N2O4S/c1-16-7-9-17(10-8-16)27(23,24)21-15-19(22-11-13-26-14-12-22)18-5-3-4-6-20(18)25-2/h3-10,19,21H,11-15H2,1-2H3. The molecular formula is C20H26N2O4S. The molecule has 6 nitrogen and oxygen atoms in total. The lowest BCUT2D eigenvalue weighted by Gasteiger charge is -2.35. The summed E-state index contributed by atoms with van der Waals surface area (Å²) in [6, 6.07) is 14.5. The molecule has 2 aromatic rings. The number of nitrogens with one attached hydrogen (secondary N) is 1. The van der Waals surface area contributed by atoms with Gasteiger partial charge in [0.05, 0.1) is 31.3 Å². The SMILES string of the molecule is COc1ccccc1C(CNS(=O)(=O)c1ccc(C)cc1)N1CCOCC1. The maximum Gasteiger partial charge on any atom is 0.240 e. The maximum atomic E-state index is 12.7. The van der Waals surface area contributed by atoms with Gasteiger partial charge >= 0.3 is 0 Å². The highest BCUT2D eigenvalue weighted by atomic mass is 32.2. The van der Waals surface area contributed by atoms with Crippen molar-refractivity contribution in [2.45, 2.75) is 17.9 Å². The summed E-state index contributed by atoms with van der Waals surface area (Å²) in [5.41, 5.74) is 1.99. The normalized spacial score (nSPS) is 16.8. The Labute approximate surface area is 161 Å². The number of nitrogens with zero attached hydrogens (tertiary/aromatic N) is 1. The summed E-state index contributed by atoms with van der Waals surface area (Å²) < 4.78 is 39.2. The van der Waals surface area contributed by atoms with Crippen LogP contribution in [0.15, 0.2) is 53.4 Å². The van der Waals surface area contributed by atoms with Crippen molar-refractivity contribution in [2.75, 3.05) is 40.0 Å². The summed E-state index contributed by atoms with van der Waals surface area (Å²) >= 11 is 0. The third kappa shape index (κ3) is 4.87.